The lowest BCUT2D eigenvalue weighted by Crippen LogP contribution is -2.05. The largest absolute Gasteiger partial charge is 0.497 e. The van der Waals surface area contributed by atoms with Gasteiger partial charge in [-0.3, -0.25) is 9.59 Å². The van der Waals surface area contributed by atoms with E-state index in [4.69, 9.17) is 9.15 Å². The minimum atomic E-state index is -0.141. The third-order valence-corrected chi connectivity index (χ3v) is 7.16. The van der Waals surface area contributed by atoms with E-state index in [2.05, 4.69) is 15.3 Å². The Morgan fingerprint density at radius 2 is 1.92 bits per heavy atom. The van der Waals surface area contributed by atoms with Crippen LogP contribution in [-0.2, 0) is 4.79 Å². The summed E-state index contributed by atoms with van der Waals surface area (Å²) in [5.74, 6) is 2.23. The topological polar surface area (TPSA) is 94.3 Å². The number of allylic oxidation sites excluding steroid dienone is 1. The number of carbonyl (C=O) groups excluding carboxylic acids is 1. The highest BCUT2D eigenvalue weighted by atomic mass is 16.5. The van der Waals surface area contributed by atoms with Crippen molar-refractivity contribution in [3.8, 4) is 17.1 Å². The molecule has 0 saturated heterocycles. The fraction of sp³-hybridized carbons (Fsp3) is 0.290. The van der Waals surface area contributed by atoms with E-state index in [1.54, 1.807) is 32.4 Å². The number of aryl methyl sites for hydroxylation is 1. The van der Waals surface area contributed by atoms with Gasteiger partial charge in [-0.05, 0) is 74.2 Å². The highest BCUT2D eigenvalue weighted by Gasteiger charge is 2.19. The minimum Gasteiger partial charge on any atom is -0.497 e. The molecule has 1 N–H and O–H groups in total. The number of hydrogen-bond acceptors (Lipinski definition) is 7. The third kappa shape index (κ3) is 5.52. The van der Waals surface area contributed by atoms with Crippen molar-refractivity contribution in [3.63, 3.8) is 0 Å². The zero-order valence-corrected chi connectivity index (χ0v) is 21.9. The molecule has 194 valence electrons. The van der Waals surface area contributed by atoms with Crippen LogP contribution in [0.25, 0.3) is 28.4 Å². The van der Waals surface area contributed by atoms with E-state index >= 15 is 0 Å². The molecule has 0 atom stereocenters. The molecule has 1 aliphatic carbocycles. The summed E-state index contributed by atoms with van der Waals surface area (Å²) < 4.78 is 11.4. The van der Waals surface area contributed by atoms with Gasteiger partial charge >= 0.3 is 0 Å². The Bertz CT molecular complexity index is 1560. The van der Waals surface area contributed by atoms with E-state index in [1.165, 1.54) is 31.7 Å². The molecule has 5 rings (SSSR count). The molecule has 0 amide bonds. The molecule has 7 nitrogen and oxygen atoms in total. The van der Waals surface area contributed by atoms with Crippen LogP contribution in [0.2, 0.25) is 0 Å². The number of methoxy groups -OCH3 is 1. The molecule has 1 aliphatic rings. The highest BCUT2D eigenvalue weighted by Crippen LogP contribution is 2.32. The van der Waals surface area contributed by atoms with Gasteiger partial charge in [0.05, 0.1) is 23.9 Å². The summed E-state index contributed by atoms with van der Waals surface area (Å²) in [6.07, 6.45) is 9.32. The van der Waals surface area contributed by atoms with Gasteiger partial charge in [0, 0.05) is 23.4 Å². The first kappa shape index (κ1) is 25.4. The number of nitrogens with zero attached hydrogens (tertiary/aromatic N) is 2. The van der Waals surface area contributed by atoms with E-state index in [0.717, 1.165) is 34.6 Å². The first-order valence-electron chi connectivity index (χ1n) is 12.9. The fourth-order valence-corrected chi connectivity index (χ4v) is 4.99. The lowest BCUT2D eigenvalue weighted by Gasteiger charge is -2.12. The van der Waals surface area contributed by atoms with Crippen LogP contribution in [0.15, 0.2) is 69.5 Å². The molecule has 0 bridgehead atoms. The normalized spacial score (nSPS) is 14.1. The SMILES string of the molecule is COc1ccc(-c2cc(=O)c3cccc(Nc4ncc(/C=C(\CC5CCCC5)C(C)=O)c(C)n4)c3o2)cc1. The number of rotatable bonds is 8. The Morgan fingerprint density at radius 1 is 1.16 bits per heavy atom. The fourth-order valence-electron chi connectivity index (χ4n) is 4.99. The van der Waals surface area contributed by atoms with E-state index in [9.17, 15) is 9.59 Å². The molecule has 0 aliphatic heterocycles. The van der Waals surface area contributed by atoms with Gasteiger partial charge in [-0.15, -0.1) is 0 Å². The summed E-state index contributed by atoms with van der Waals surface area (Å²) in [4.78, 5) is 34.3. The van der Waals surface area contributed by atoms with E-state index in [1.807, 2.05) is 43.3 Å². The van der Waals surface area contributed by atoms with Gasteiger partial charge in [0.15, 0.2) is 16.8 Å². The molecule has 2 aromatic heterocycles. The van der Waals surface area contributed by atoms with Crippen molar-refractivity contribution >= 4 is 34.5 Å². The Kier molecular flexibility index (Phi) is 7.36. The summed E-state index contributed by atoms with van der Waals surface area (Å²) in [7, 11) is 1.61. The Balaban J connectivity index is 1.44. The maximum atomic E-state index is 12.9. The Labute approximate surface area is 221 Å². The number of fused-ring (bicyclic) bond motifs is 1. The number of hydrogen-bond donors (Lipinski definition) is 1. The zero-order valence-electron chi connectivity index (χ0n) is 21.9. The molecule has 1 fully saturated rings. The van der Waals surface area contributed by atoms with Crippen LogP contribution in [0.1, 0.15) is 50.3 Å². The molecule has 2 heterocycles. The number of ketones is 1. The number of ether oxygens (including phenoxy) is 1. The number of aromatic nitrogens is 2. The lowest BCUT2D eigenvalue weighted by atomic mass is 9.94. The molecule has 4 aromatic rings. The predicted molar refractivity (Wildman–Crippen MR) is 150 cm³/mol. The molecule has 1 saturated carbocycles. The van der Waals surface area contributed by atoms with Crippen molar-refractivity contribution in [2.24, 2.45) is 5.92 Å². The number of benzene rings is 2. The molecular formula is C31H31N3O4. The van der Waals surface area contributed by atoms with Crippen LogP contribution in [0.4, 0.5) is 11.6 Å². The highest BCUT2D eigenvalue weighted by molar-refractivity contribution is 5.98. The first-order chi connectivity index (χ1) is 18.4. The first-order valence-corrected chi connectivity index (χ1v) is 12.9. The minimum absolute atomic E-state index is 0.0944. The maximum absolute atomic E-state index is 12.9. The smallest absolute Gasteiger partial charge is 0.227 e. The number of Topliss-reactive ketones (excluding diaryl/α,β-unsaturated/α-hetero) is 1. The summed E-state index contributed by atoms with van der Waals surface area (Å²) in [6, 6.07) is 14.2. The van der Waals surface area contributed by atoms with Gasteiger partial charge in [-0.2, -0.15) is 0 Å². The second-order valence-electron chi connectivity index (χ2n) is 9.83. The molecule has 0 spiro atoms. The summed E-state index contributed by atoms with van der Waals surface area (Å²) >= 11 is 0. The average molecular weight is 510 g/mol. The molecule has 7 heteroatoms. The van der Waals surface area contributed by atoms with Gasteiger partial charge < -0.3 is 14.5 Å². The van der Waals surface area contributed by atoms with Crippen molar-refractivity contribution in [3.05, 3.63) is 81.8 Å². The van der Waals surface area contributed by atoms with Crippen LogP contribution in [0, 0.1) is 12.8 Å². The molecular weight excluding hydrogens is 478 g/mol. The van der Waals surface area contributed by atoms with Crippen molar-refractivity contribution in [1.29, 1.82) is 0 Å². The van der Waals surface area contributed by atoms with Crippen LogP contribution >= 0.6 is 0 Å². The monoisotopic (exact) mass is 509 g/mol. The molecule has 0 radical (unpaired) electrons. The second kappa shape index (κ2) is 11.0. The Morgan fingerprint density at radius 3 is 2.61 bits per heavy atom. The lowest BCUT2D eigenvalue weighted by molar-refractivity contribution is -0.113. The van der Waals surface area contributed by atoms with Crippen LogP contribution in [-0.4, -0.2) is 22.9 Å². The van der Waals surface area contributed by atoms with E-state index in [-0.39, 0.29) is 11.2 Å². The summed E-state index contributed by atoms with van der Waals surface area (Å²) in [5.41, 5.74) is 4.04. The Hall–Kier alpha value is -4.26. The van der Waals surface area contributed by atoms with Crippen molar-refractivity contribution in [2.45, 2.75) is 46.0 Å². The van der Waals surface area contributed by atoms with Crippen LogP contribution in [0.3, 0.4) is 0 Å². The van der Waals surface area contributed by atoms with Crippen LogP contribution in [0.5, 0.6) is 5.75 Å². The average Bonchev–Trinajstić information content (AvgIpc) is 3.43. The van der Waals surface area contributed by atoms with Gasteiger partial charge in [-0.25, -0.2) is 9.97 Å². The van der Waals surface area contributed by atoms with Crippen molar-refractivity contribution in [2.75, 3.05) is 12.4 Å². The second-order valence-corrected chi connectivity index (χ2v) is 9.83. The quantitative estimate of drug-likeness (QED) is 0.259. The molecule has 2 aromatic carbocycles. The van der Waals surface area contributed by atoms with Crippen molar-refractivity contribution < 1.29 is 13.9 Å². The predicted octanol–water partition coefficient (Wildman–Crippen LogP) is 6.86. The summed E-state index contributed by atoms with van der Waals surface area (Å²) in [5, 5.41) is 3.67. The zero-order chi connectivity index (χ0) is 26.6. The maximum Gasteiger partial charge on any atom is 0.227 e. The number of carbonyl (C=O) groups is 1. The van der Waals surface area contributed by atoms with Gasteiger partial charge in [0.25, 0.3) is 0 Å². The number of nitrogens with one attached hydrogen (secondary N) is 1. The molecule has 38 heavy (non-hydrogen) atoms. The van der Waals surface area contributed by atoms with Gasteiger partial charge in [-0.1, -0.05) is 31.7 Å². The van der Waals surface area contributed by atoms with Gasteiger partial charge in [0.1, 0.15) is 11.5 Å². The summed E-state index contributed by atoms with van der Waals surface area (Å²) in [6.45, 7) is 3.53. The third-order valence-electron chi connectivity index (χ3n) is 7.16. The van der Waals surface area contributed by atoms with E-state index < -0.39 is 0 Å². The number of anilines is 2. The number of para-hydroxylation sites is 1. The molecule has 0 unspecified atom stereocenters. The van der Waals surface area contributed by atoms with E-state index in [0.29, 0.717) is 34.3 Å². The van der Waals surface area contributed by atoms with Gasteiger partial charge in [0.2, 0.25) is 5.95 Å². The van der Waals surface area contributed by atoms with Crippen LogP contribution < -0.4 is 15.5 Å². The standard InChI is InChI=1S/C31H31N3O4/c1-19-24(16-23(20(2)35)15-21-7-4-5-8-21)18-32-31(33-19)34-27-10-6-9-26-28(36)17-29(38-30(26)27)22-11-13-25(37-3)14-12-22/h6,9-14,16-18,21H,4-5,7-8,15H2,1-3H3,(H,32,33,34)/b23-16+. The van der Waals surface area contributed by atoms with Crippen molar-refractivity contribution in [1.82, 2.24) is 9.97 Å².